The first-order chi connectivity index (χ1) is 7.26. The molecular weight excluding hydrogens is 230 g/mol. The van der Waals surface area contributed by atoms with Gasteiger partial charge in [0.25, 0.3) is 0 Å². The Bertz CT molecular complexity index is 296. The second-order valence-electron chi connectivity index (χ2n) is 3.45. The summed E-state index contributed by atoms with van der Waals surface area (Å²) in [4.78, 5) is 4.34. The number of aromatic nitrogens is 1. The highest BCUT2D eigenvalue weighted by molar-refractivity contribution is 7.98. The van der Waals surface area contributed by atoms with Crippen LogP contribution in [0.1, 0.15) is 12.6 Å². The summed E-state index contributed by atoms with van der Waals surface area (Å²) in [5.41, 5.74) is 1.06. The summed E-state index contributed by atoms with van der Waals surface area (Å²) in [6.07, 6.45) is 0. The molecule has 0 aromatic carbocycles. The van der Waals surface area contributed by atoms with E-state index >= 15 is 0 Å². The van der Waals surface area contributed by atoms with Crippen LogP contribution >= 0.6 is 23.4 Å². The Hall–Kier alpha value is -0.410. The summed E-state index contributed by atoms with van der Waals surface area (Å²) >= 11 is 7.59. The van der Waals surface area contributed by atoms with E-state index in [4.69, 9.17) is 16.3 Å². The molecule has 2 nitrogen and oxygen atoms in total. The smallest absolute Gasteiger partial charge is 0.213 e. The van der Waals surface area contributed by atoms with Crippen molar-refractivity contribution in [1.29, 1.82) is 0 Å². The van der Waals surface area contributed by atoms with E-state index in [1.165, 1.54) is 0 Å². The molecule has 1 unspecified atom stereocenters. The van der Waals surface area contributed by atoms with Crippen LogP contribution in [0, 0.1) is 5.92 Å². The first-order valence-corrected chi connectivity index (χ1v) is 6.58. The minimum Gasteiger partial charge on any atom is -0.481 e. The number of alkyl halides is 1. The van der Waals surface area contributed by atoms with Gasteiger partial charge in [-0.1, -0.05) is 13.0 Å². The molecule has 1 aromatic rings. The molecule has 0 fully saturated rings. The maximum absolute atomic E-state index is 5.73. The quantitative estimate of drug-likeness (QED) is 0.719. The van der Waals surface area contributed by atoms with Crippen LogP contribution in [-0.4, -0.2) is 23.7 Å². The third-order valence-electron chi connectivity index (χ3n) is 1.91. The number of hydrogen-bond acceptors (Lipinski definition) is 3. The molecule has 0 spiro atoms. The van der Waals surface area contributed by atoms with Crippen LogP contribution in [0.15, 0.2) is 18.2 Å². The predicted octanol–water partition coefficient (Wildman–Crippen LogP) is 3.20. The Morgan fingerprint density at radius 1 is 1.53 bits per heavy atom. The number of rotatable bonds is 6. The zero-order valence-corrected chi connectivity index (χ0v) is 10.6. The highest BCUT2D eigenvalue weighted by Crippen LogP contribution is 2.16. The normalized spacial score (nSPS) is 12.5. The summed E-state index contributed by atoms with van der Waals surface area (Å²) in [6, 6.07) is 5.84. The number of ether oxygens (including phenoxy) is 1. The van der Waals surface area contributed by atoms with E-state index in [0.29, 0.717) is 11.8 Å². The second-order valence-corrected chi connectivity index (χ2v) is 4.78. The molecule has 0 aliphatic rings. The molecule has 0 aliphatic heterocycles. The van der Waals surface area contributed by atoms with Gasteiger partial charge in [-0.3, -0.25) is 0 Å². The van der Waals surface area contributed by atoms with E-state index in [1.807, 2.05) is 30.0 Å². The number of methoxy groups -OCH3 is 1. The highest BCUT2D eigenvalue weighted by atomic mass is 35.5. The SMILES string of the molecule is COc1cccc(CSCC(C)CCl)n1. The molecule has 0 saturated heterocycles. The van der Waals surface area contributed by atoms with Gasteiger partial charge in [0, 0.05) is 17.7 Å². The molecule has 84 valence electrons. The lowest BCUT2D eigenvalue weighted by atomic mass is 10.3. The fourth-order valence-corrected chi connectivity index (χ4v) is 2.31. The van der Waals surface area contributed by atoms with Crippen LogP contribution in [0.2, 0.25) is 0 Å². The highest BCUT2D eigenvalue weighted by Gasteiger charge is 2.02. The van der Waals surface area contributed by atoms with Crippen molar-refractivity contribution < 1.29 is 4.74 Å². The molecule has 0 amide bonds. The van der Waals surface area contributed by atoms with Crippen molar-refractivity contribution in [2.24, 2.45) is 5.92 Å². The minimum absolute atomic E-state index is 0.558. The van der Waals surface area contributed by atoms with E-state index in [-0.39, 0.29) is 0 Å². The van der Waals surface area contributed by atoms with Gasteiger partial charge in [-0.05, 0) is 17.7 Å². The Balaban J connectivity index is 2.37. The topological polar surface area (TPSA) is 22.1 Å². The van der Waals surface area contributed by atoms with Crippen LogP contribution in [0.4, 0.5) is 0 Å². The number of pyridine rings is 1. The van der Waals surface area contributed by atoms with Gasteiger partial charge < -0.3 is 4.74 Å². The Labute approximate surface area is 100 Å². The Morgan fingerprint density at radius 2 is 2.33 bits per heavy atom. The first kappa shape index (κ1) is 12.7. The molecule has 1 atom stereocenters. The van der Waals surface area contributed by atoms with Gasteiger partial charge in [0.15, 0.2) is 0 Å². The lowest BCUT2D eigenvalue weighted by Gasteiger charge is -2.06. The van der Waals surface area contributed by atoms with E-state index in [1.54, 1.807) is 7.11 Å². The summed E-state index contributed by atoms with van der Waals surface area (Å²) in [5, 5.41) is 0. The van der Waals surface area contributed by atoms with Crippen LogP contribution in [0.25, 0.3) is 0 Å². The molecule has 1 rings (SSSR count). The maximum Gasteiger partial charge on any atom is 0.213 e. The number of thioether (sulfide) groups is 1. The number of nitrogens with zero attached hydrogens (tertiary/aromatic N) is 1. The van der Waals surface area contributed by atoms with Crippen LogP contribution < -0.4 is 4.74 Å². The maximum atomic E-state index is 5.73. The van der Waals surface area contributed by atoms with Gasteiger partial charge in [0.2, 0.25) is 5.88 Å². The monoisotopic (exact) mass is 245 g/mol. The van der Waals surface area contributed by atoms with Crippen molar-refractivity contribution in [3.05, 3.63) is 23.9 Å². The van der Waals surface area contributed by atoms with Crippen molar-refractivity contribution in [2.45, 2.75) is 12.7 Å². The lowest BCUT2D eigenvalue weighted by Crippen LogP contribution is -2.00. The molecular formula is C11H16ClNOS. The molecule has 0 aliphatic carbocycles. The summed E-state index contributed by atoms with van der Waals surface area (Å²) in [7, 11) is 1.63. The van der Waals surface area contributed by atoms with Crippen molar-refractivity contribution in [3.63, 3.8) is 0 Å². The van der Waals surface area contributed by atoms with Crippen LogP contribution in [0.5, 0.6) is 5.88 Å². The average molecular weight is 246 g/mol. The van der Waals surface area contributed by atoms with Crippen LogP contribution in [-0.2, 0) is 5.75 Å². The standard InChI is InChI=1S/C11H16ClNOS/c1-9(6-12)7-15-8-10-4-3-5-11(13-10)14-2/h3-5,9H,6-8H2,1-2H3. The summed E-state index contributed by atoms with van der Waals surface area (Å²) < 4.78 is 5.06. The fraction of sp³-hybridized carbons (Fsp3) is 0.545. The van der Waals surface area contributed by atoms with Gasteiger partial charge >= 0.3 is 0 Å². The average Bonchev–Trinajstić information content (AvgIpc) is 2.29. The molecule has 0 radical (unpaired) electrons. The molecule has 0 N–H and O–H groups in total. The minimum atomic E-state index is 0.558. The largest absolute Gasteiger partial charge is 0.481 e. The van der Waals surface area contributed by atoms with E-state index in [9.17, 15) is 0 Å². The third-order valence-corrected chi connectivity index (χ3v) is 3.74. The fourth-order valence-electron chi connectivity index (χ4n) is 1.06. The zero-order chi connectivity index (χ0) is 11.1. The van der Waals surface area contributed by atoms with E-state index in [2.05, 4.69) is 11.9 Å². The molecule has 15 heavy (non-hydrogen) atoms. The van der Waals surface area contributed by atoms with Crippen molar-refractivity contribution in [2.75, 3.05) is 18.7 Å². The van der Waals surface area contributed by atoms with Crippen molar-refractivity contribution in [1.82, 2.24) is 4.98 Å². The summed E-state index contributed by atoms with van der Waals surface area (Å²) in [6.45, 7) is 2.15. The van der Waals surface area contributed by atoms with E-state index in [0.717, 1.165) is 23.1 Å². The molecule has 0 bridgehead atoms. The third kappa shape index (κ3) is 4.76. The zero-order valence-electron chi connectivity index (χ0n) is 9.07. The second kappa shape index (κ2) is 6.96. The van der Waals surface area contributed by atoms with Gasteiger partial charge in [0.1, 0.15) is 0 Å². The van der Waals surface area contributed by atoms with Gasteiger partial charge in [-0.25, -0.2) is 4.98 Å². The summed E-state index contributed by atoms with van der Waals surface area (Å²) in [5.74, 6) is 3.94. The molecule has 0 saturated carbocycles. The molecule has 1 heterocycles. The van der Waals surface area contributed by atoms with E-state index < -0.39 is 0 Å². The lowest BCUT2D eigenvalue weighted by molar-refractivity contribution is 0.397. The van der Waals surface area contributed by atoms with Gasteiger partial charge in [-0.2, -0.15) is 11.8 Å². The number of halogens is 1. The van der Waals surface area contributed by atoms with Gasteiger partial charge in [-0.15, -0.1) is 11.6 Å². The molecule has 1 aromatic heterocycles. The Kier molecular flexibility index (Phi) is 5.88. The Morgan fingerprint density at radius 3 is 3.00 bits per heavy atom. The van der Waals surface area contributed by atoms with Crippen molar-refractivity contribution in [3.8, 4) is 5.88 Å². The predicted molar refractivity (Wildman–Crippen MR) is 66.8 cm³/mol. The molecule has 4 heteroatoms. The first-order valence-electron chi connectivity index (χ1n) is 4.90. The van der Waals surface area contributed by atoms with Crippen LogP contribution in [0.3, 0.4) is 0 Å². The van der Waals surface area contributed by atoms with Gasteiger partial charge in [0.05, 0.1) is 12.8 Å². The number of hydrogen-bond donors (Lipinski definition) is 0. The van der Waals surface area contributed by atoms with Crippen molar-refractivity contribution >= 4 is 23.4 Å².